The number of hydrogen-bond acceptors (Lipinski definition) is 4. The first-order chi connectivity index (χ1) is 13.6. The molecule has 0 amide bonds. The van der Waals surface area contributed by atoms with Crippen molar-refractivity contribution >= 4 is 11.9 Å². The Morgan fingerprint density at radius 3 is 2.50 bits per heavy atom. The molecule has 2 N–H and O–H groups in total. The summed E-state index contributed by atoms with van der Waals surface area (Å²) < 4.78 is 10.3. The van der Waals surface area contributed by atoms with Crippen LogP contribution in [0.4, 0.5) is 0 Å². The van der Waals surface area contributed by atoms with E-state index >= 15 is 0 Å². The van der Waals surface area contributed by atoms with Crippen molar-refractivity contribution in [2.45, 2.75) is 45.4 Å². The Kier molecular flexibility index (Phi) is 9.28. The fraction of sp³-hybridized carbons (Fsp3) is 0.636. The summed E-state index contributed by atoms with van der Waals surface area (Å²) in [6.07, 6.45) is 7.10. The second-order valence-corrected chi connectivity index (χ2v) is 7.45. The zero-order valence-electron chi connectivity index (χ0n) is 17.6. The maximum atomic E-state index is 11.5. The molecule has 6 heteroatoms. The van der Waals surface area contributed by atoms with E-state index in [-0.39, 0.29) is 5.97 Å². The van der Waals surface area contributed by atoms with Crippen molar-refractivity contribution < 1.29 is 14.3 Å². The van der Waals surface area contributed by atoms with Crippen molar-refractivity contribution in [3.05, 3.63) is 35.4 Å². The molecule has 2 rings (SSSR count). The van der Waals surface area contributed by atoms with Gasteiger partial charge in [0.15, 0.2) is 5.96 Å². The minimum atomic E-state index is -0.306. The average molecular weight is 390 g/mol. The minimum absolute atomic E-state index is 0.306. The minimum Gasteiger partial charge on any atom is -0.465 e. The van der Waals surface area contributed by atoms with Gasteiger partial charge in [-0.1, -0.05) is 25.0 Å². The molecule has 0 aromatic heterocycles. The van der Waals surface area contributed by atoms with Crippen LogP contribution in [0.2, 0.25) is 0 Å². The summed E-state index contributed by atoms with van der Waals surface area (Å²) in [5.74, 6) is 0.535. The zero-order valence-corrected chi connectivity index (χ0v) is 17.6. The van der Waals surface area contributed by atoms with E-state index in [0.29, 0.717) is 11.0 Å². The number of methoxy groups -OCH3 is 1. The van der Waals surface area contributed by atoms with Crippen molar-refractivity contribution in [2.75, 3.05) is 40.5 Å². The third kappa shape index (κ3) is 6.82. The van der Waals surface area contributed by atoms with Gasteiger partial charge in [0.1, 0.15) is 0 Å². The molecule has 1 aliphatic rings. The second kappa shape index (κ2) is 11.7. The molecule has 6 nitrogen and oxygen atoms in total. The summed E-state index contributed by atoms with van der Waals surface area (Å²) in [5.41, 5.74) is 2.07. The third-order valence-electron chi connectivity index (χ3n) is 5.58. The van der Waals surface area contributed by atoms with Crippen molar-refractivity contribution in [2.24, 2.45) is 10.4 Å². The van der Waals surface area contributed by atoms with Gasteiger partial charge in [-0.15, -0.1) is 0 Å². The van der Waals surface area contributed by atoms with Crippen LogP contribution < -0.4 is 10.6 Å². The highest BCUT2D eigenvalue weighted by molar-refractivity contribution is 5.89. The molecule has 0 heterocycles. The van der Waals surface area contributed by atoms with Gasteiger partial charge in [-0.3, -0.25) is 4.99 Å². The normalized spacial score (nSPS) is 16.0. The van der Waals surface area contributed by atoms with Crippen LogP contribution >= 0.6 is 0 Å². The van der Waals surface area contributed by atoms with E-state index in [1.54, 1.807) is 12.1 Å². The number of ether oxygens (including phenoxy) is 2. The van der Waals surface area contributed by atoms with Gasteiger partial charge in [0.25, 0.3) is 0 Å². The molecule has 0 aliphatic heterocycles. The predicted octanol–water partition coefficient (Wildman–Crippen LogP) is 3.17. The number of aliphatic imine (C=N–C) groups is 1. The molecule has 0 bridgehead atoms. The monoisotopic (exact) mass is 389 g/mol. The SMILES string of the molecule is CCOCCC1(CNC(=NC)NCCc2ccc(C(=O)OC)cc2)CCCC1. The van der Waals surface area contributed by atoms with E-state index in [4.69, 9.17) is 9.47 Å². The van der Waals surface area contributed by atoms with Crippen molar-refractivity contribution in [1.29, 1.82) is 0 Å². The molecule has 156 valence electrons. The molecule has 0 spiro atoms. The van der Waals surface area contributed by atoms with E-state index in [1.807, 2.05) is 26.1 Å². The largest absolute Gasteiger partial charge is 0.465 e. The summed E-state index contributed by atoms with van der Waals surface area (Å²) >= 11 is 0. The number of nitrogens with zero attached hydrogens (tertiary/aromatic N) is 1. The standard InChI is InChI=1S/C22H35N3O3/c1-4-28-16-14-22(12-5-6-13-22)17-25-21(23-2)24-15-11-18-7-9-19(10-8-18)20(26)27-3/h7-10H,4-6,11-17H2,1-3H3,(H2,23,24,25). The smallest absolute Gasteiger partial charge is 0.337 e. The van der Waals surface area contributed by atoms with Gasteiger partial charge < -0.3 is 20.1 Å². The first-order valence-corrected chi connectivity index (χ1v) is 10.3. The van der Waals surface area contributed by atoms with Gasteiger partial charge in [0.2, 0.25) is 0 Å². The van der Waals surface area contributed by atoms with Crippen LogP contribution in [-0.4, -0.2) is 52.4 Å². The van der Waals surface area contributed by atoms with Gasteiger partial charge in [0, 0.05) is 33.4 Å². The topological polar surface area (TPSA) is 72.0 Å². The molecule has 0 unspecified atom stereocenters. The van der Waals surface area contributed by atoms with Crippen LogP contribution in [0.3, 0.4) is 0 Å². The van der Waals surface area contributed by atoms with Gasteiger partial charge in [0.05, 0.1) is 12.7 Å². The van der Waals surface area contributed by atoms with Crippen molar-refractivity contribution in [1.82, 2.24) is 10.6 Å². The van der Waals surface area contributed by atoms with E-state index in [0.717, 1.165) is 45.1 Å². The van der Waals surface area contributed by atoms with Gasteiger partial charge >= 0.3 is 5.97 Å². The Morgan fingerprint density at radius 2 is 1.89 bits per heavy atom. The number of carbonyl (C=O) groups is 1. The average Bonchev–Trinajstić information content (AvgIpc) is 3.19. The predicted molar refractivity (Wildman–Crippen MR) is 113 cm³/mol. The highest BCUT2D eigenvalue weighted by Gasteiger charge is 2.33. The first-order valence-electron chi connectivity index (χ1n) is 10.3. The van der Waals surface area contributed by atoms with E-state index in [1.165, 1.54) is 38.4 Å². The maximum absolute atomic E-state index is 11.5. The lowest BCUT2D eigenvalue weighted by Crippen LogP contribution is -2.44. The fourth-order valence-electron chi connectivity index (χ4n) is 3.82. The number of nitrogens with one attached hydrogen (secondary N) is 2. The van der Waals surface area contributed by atoms with Gasteiger partial charge in [-0.05, 0) is 55.7 Å². The van der Waals surface area contributed by atoms with E-state index < -0.39 is 0 Å². The molecular weight excluding hydrogens is 354 g/mol. The van der Waals surface area contributed by atoms with Gasteiger partial charge in [-0.2, -0.15) is 0 Å². The van der Waals surface area contributed by atoms with Crippen LogP contribution in [-0.2, 0) is 15.9 Å². The van der Waals surface area contributed by atoms with E-state index in [9.17, 15) is 4.79 Å². The Hall–Kier alpha value is -2.08. The Balaban J connectivity index is 1.77. The molecule has 0 saturated heterocycles. The molecular formula is C22H35N3O3. The van der Waals surface area contributed by atoms with Crippen LogP contribution in [0, 0.1) is 5.41 Å². The first kappa shape index (κ1) is 22.2. The highest BCUT2D eigenvalue weighted by atomic mass is 16.5. The lowest BCUT2D eigenvalue weighted by molar-refractivity contribution is 0.0600. The Bertz CT molecular complexity index is 622. The maximum Gasteiger partial charge on any atom is 0.337 e. The Labute approximate surface area is 169 Å². The van der Waals surface area contributed by atoms with E-state index in [2.05, 4.69) is 15.6 Å². The number of esters is 1. The van der Waals surface area contributed by atoms with Crippen LogP contribution in [0.5, 0.6) is 0 Å². The lowest BCUT2D eigenvalue weighted by Gasteiger charge is -2.30. The number of benzene rings is 1. The summed E-state index contributed by atoms with van der Waals surface area (Å²) in [7, 11) is 3.20. The number of hydrogen-bond donors (Lipinski definition) is 2. The molecule has 0 atom stereocenters. The van der Waals surface area contributed by atoms with Crippen LogP contribution in [0.1, 0.15) is 54.9 Å². The molecule has 1 aromatic rings. The fourth-order valence-corrected chi connectivity index (χ4v) is 3.82. The molecule has 1 saturated carbocycles. The van der Waals surface area contributed by atoms with Crippen LogP contribution in [0.25, 0.3) is 0 Å². The Morgan fingerprint density at radius 1 is 1.18 bits per heavy atom. The lowest BCUT2D eigenvalue weighted by atomic mass is 9.83. The summed E-state index contributed by atoms with van der Waals surface area (Å²) in [5, 5.41) is 6.91. The summed E-state index contributed by atoms with van der Waals surface area (Å²) in [6, 6.07) is 7.53. The number of rotatable bonds is 10. The third-order valence-corrected chi connectivity index (χ3v) is 5.58. The molecule has 1 aliphatic carbocycles. The molecule has 1 fully saturated rings. The van der Waals surface area contributed by atoms with Crippen molar-refractivity contribution in [3.8, 4) is 0 Å². The van der Waals surface area contributed by atoms with Gasteiger partial charge in [-0.25, -0.2) is 4.79 Å². The van der Waals surface area contributed by atoms with Crippen LogP contribution in [0.15, 0.2) is 29.3 Å². The number of carbonyl (C=O) groups excluding carboxylic acids is 1. The second-order valence-electron chi connectivity index (χ2n) is 7.45. The van der Waals surface area contributed by atoms with Crippen molar-refractivity contribution in [3.63, 3.8) is 0 Å². The summed E-state index contributed by atoms with van der Waals surface area (Å²) in [4.78, 5) is 15.8. The molecule has 1 aromatic carbocycles. The quantitative estimate of drug-likeness (QED) is 0.278. The molecule has 0 radical (unpaired) electrons. The highest BCUT2D eigenvalue weighted by Crippen LogP contribution is 2.40. The summed E-state index contributed by atoms with van der Waals surface area (Å²) in [6.45, 7) is 5.39. The number of guanidine groups is 1. The zero-order chi connectivity index (χ0) is 20.2. The molecule has 28 heavy (non-hydrogen) atoms.